The molecule has 1 unspecified atom stereocenters. The van der Waals surface area contributed by atoms with E-state index in [-0.39, 0.29) is 48.1 Å². The third-order valence-corrected chi connectivity index (χ3v) is 10.1. The molecule has 4 aromatic rings. The highest BCUT2D eigenvalue weighted by Crippen LogP contribution is 2.43. The van der Waals surface area contributed by atoms with E-state index in [2.05, 4.69) is 0 Å². The Balaban J connectivity index is 1.23. The Morgan fingerprint density at radius 1 is 0.867 bits per heavy atom. The second-order valence-corrected chi connectivity index (χ2v) is 13.0. The third kappa shape index (κ3) is 6.59. The highest BCUT2D eigenvalue weighted by molar-refractivity contribution is 7.21. The van der Waals surface area contributed by atoms with Gasteiger partial charge in [-0.25, -0.2) is 4.39 Å². The number of rotatable bonds is 15. The summed E-state index contributed by atoms with van der Waals surface area (Å²) in [5.74, 6) is -4.36. The van der Waals surface area contributed by atoms with Crippen LogP contribution in [0.3, 0.4) is 0 Å². The van der Waals surface area contributed by atoms with E-state index in [1.54, 1.807) is 24.3 Å². The van der Waals surface area contributed by atoms with Crippen molar-refractivity contribution in [2.45, 2.75) is 32.6 Å². The zero-order chi connectivity index (χ0) is 32.4. The van der Waals surface area contributed by atoms with Gasteiger partial charge in [-0.15, -0.1) is 22.7 Å². The summed E-state index contributed by atoms with van der Waals surface area (Å²) in [4.78, 5) is 48.8. The first kappa shape index (κ1) is 32.2. The number of ketones is 2. The summed E-state index contributed by atoms with van der Waals surface area (Å²) in [6, 6.07) is 8.26. The number of hydrogen-bond donors (Lipinski definition) is 2. The van der Waals surface area contributed by atoms with Gasteiger partial charge in [0.25, 0.3) is 0 Å². The van der Waals surface area contributed by atoms with Crippen LogP contribution in [0.2, 0.25) is 0 Å². The molecule has 0 saturated heterocycles. The molecule has 1 saturated carbocycles. The summed E-state index contributed by atoms with van der Waals surface area (Å²) in [7, 11) is 2.89. The average Bonchev–Trinajstić information content (AvgIpc) is 3.60. The van der Waals surface area contributed by atoms with Gasteiger partial charge in [0.05, 0.1) is 49.0 Å². The fourth-order valence-corrected chi connectivity index (χ4v) is 7.25. The number of methoxy groups -OCH3 is 2. The molecule has 2 N–H and O–H groups in total. The van der Waals surface area contributed by atoms with Crippen molar-refractivity contribution in [2.24, 2.45) is 17.8 Å². The van der Waals surface area contributed by atoms with Crippen molar-refractivity contribution in [3.8, 4) is 23.0 Å². The van der Waals surface area contributed by atoms with Crippen LogP contribution in [0.1, 0.15) is 52.0 Å². The fraction of sp³-hybridized carbons (Fsp3) is 0.375. The van der Waals surface area contributed by atoms with Crippen LogP contribution in [0.15, 0.2) is 30.3 Å². The minimum atomic E-state index is -1.03. The van der Waals surface area contributed by atoms with Crippen LogP contribution in [0.4, 0.5) is 4.39 Å². The number of carbonyl (C=O) groups excluding carboxylic acids is 2. The summed E-state index contributed by atoms with van der Waals surface area (Å²) >= 11 is 2.34. The van der Waals surface area contributed by atoms with Gasteiger partial charge in [0, 0.05) is 45.7 Å². The predicted molar refractivity (Wildman–Crippen MR) is 166 cm³/mol. The Morgan fingerprint density at radius 3 is 2.18 bits per heavy atom. The van der Waals surface area contributed by atoms with Crippen LogP contribution in [-0.2, 0) is 9.59 Å². The molecule has 5 rings (SSSR count). The van der Waals surface area contributed by atoms with Gasteiger partial charge in [-0.3, -0.25) is 19.2 Å². The number of carboxylic acid groups (broad SMARTS) is 2. The molecule has 1 fully saturated rings. The summed E-state index contributed by atoms with van der Waals surface area (Å²) in [5.41, 5.74) is 0. The lowest BCUT2D eigenvalue weighted by atomic mass is 9.71. The van der Waals surface area contributed by atoms with E-state index in [1.807, 2.05) is 0 Å². The predicted octanol–water partition coefficient (Wildman–Crippen LogP) is 6.71. The van der Waals surface area contributed by atoms with Gasteiger partial charge in [0.1, 0.15) is 0 Å². The van der Waals surface area contributed by atoms with E-state index >= 15 is 4.39 Å². The molecule has 13 heteroatoms. The molecule has 1 aliphatic rings. The Labute approximate surface area is 265 Å². The Morgan fingerprint density at radius 2 is 1.53 bits per heavy atom. The van der Waals surface area contributed by atoms with Crippen molar-refractivity contribution in [3.63, 3.8) is 0 Å². The van der Waals surface area contributed by atoms with Gasteiger partial charge >= 0.3 is 11.9 Å². The van der Waals surface area contributed by atoms with E-state index in [1.165, 1.54) is 38.5 Å². The summed E-state index contributed by atoms with van der Waals surface area (Å²) in [6.07, 6.45) is 1.22. The lowest BCUT2D eigenvalue weighted by molar-refractivity contribution is -0.146. The van der Waals surface area contributed by atoms with Crippen LogP contribution >= 0.6 is 22.7 Å². The molecule has 45 heavy (non-hydrogen) atoms. The average molecular weight is 659 g/mol. The zero-order valence-electron chi connectivity index (χ0n) is 24.7. The van der Waals surface area contributed by atoms with Gasteiger partial charge in [-0.2, -0.15) is 0 Å². The molecule has 0 radical (unpaired) electrons. The maximum Gasteiger partial charge on any atom is 0.307 e. The van der Waals surface area contributed by atoms with Gasteiger partial charge in [0.15, 0.2) is 40.4 Å². The SMILES string of the molecule is COc1cc2cc(C(=O)CC(C)C(=O)O)sc2cc1OCCCOc1c(OC)cc2sc(C(=O)[C@@H]3CC[C@H]3C(=O)O)cc2c1F. The first-order chi connectivity index (χ1) is 21.5. The van der Waals surface area contributed by atoms with E-state index in [4.69, 9.17) is 24.1 Å². The molecule has 1 aliphatic carbocycles. The van der Waals surface area contributed by atoms with Crippen LogP contribution in [0, 0.1) is 23.6 Å². The van der Waals surface area contributed by atoms with Crippen LogP contribution < -0.4 is 18.9 Å². The van der Waals surface area contributed by atoms with Gasteiger partial charge in [-0.1, -0.05) is 6.92 Å². The summed E-state index contributed by atoms with van der Waals surface area (Å²) in [5, 5.41) is 19.4. The number of fused-ring (bicyclic) bond motifs is 2. The van der Waals surface area contributed by atoms with Crippen molar-refractivity contribution < 1.29 is 52.7 Å². The molecule has 0 bridgehead atoms. The van der Waals surface area contributed by atoms with E-state index in [0.717, 1.165) is 21.4 Å². The highest BCUT2D eigenvalue weighted by atomic mass is 32.1. The molecule has 2 heterocycles. The van der Waals surface area contributed by atoms with E-state index in [0.29, 0.717) is 45.2 Å². The number of benzene rings is 2. The summed E-state index contributed by atoms with van der Waals surface area (Å²) in [6.45, 7) is 1.77. The zero-order valence-corrected chi connectivity index (χ0v) is 26.3. The molecule has 0 aliphatic heterocycles. The lowest BCUT2D eigenvalue weighted by Crippen LogP contribution is -2.37. The van der Waals surface area contributed by atoms with Crippen molar-refractivity contribution in [1.29, 1.82) is 0 Å². The minimum absolute atomic E-state index is 0.0844. The number of Topliss-reactive ketones (excluding diaryl/α,β-unsaturated/α-hetero) is 2. The first-order valence-corrected chi connectivity index (χ1v) is 15.9. The molecule has 2 aromatic carbocycles. The molecule has 2 aromatic heterocycles. The molecule has 3 atom stereocenters. The van der Waals surface area contributed by atoms with E-state index < -0.39 is 35.5 Å². The van der Waals surface area contributed by atoms with E-state index in [9.17, 15) is 24.3 Å². The van der Waals surface area contributed by atoms with Crippen molar-refractivity contribution in [1.82, 2.24) is 0 Å². The number of carbonyl (C=O) groups is 4. The number of carboxylic acids is 2. The Kier molecular flexibility index (Phi) is 9.59. The number of halogens is 1. The maximum atomic E-state index is 15.6. The third-order valence-electron chi connectivity index (χ3n) is 7.86. The molecular weight excluding hydrogens is 627 g/mol. The summed E-state index contributed by atoms with van der Waals surface area (Å²) < 4.78 is 39.4. The molecule has 0 spiro atoms. The quantitative estimate of drug-likeness (QED) is 0.104. The van der Waals surface area contributed by atoms with Gasteiger partial charge in [-0.05, 0) is 36.4 Å². The first-order valence-electron chi connectivity index (χ1n) is 14.2. The smallest absolute Gasteiger partial charge is 0.307 e. The molecule has 238 valence electrons. The normalized spacial score (nSPS) is 16.6. The number of thiophene rings is 2. The standard InChI is InChI=1S/C32H31FO10S2/c1-15(31(36)37)9-20(34)26-11-16-10-21(40-2)22(13-24(16)44-26)42-7-4-8-43-30-23(41-3)14-25-19(28(30)33)12-27(45-25)29(35)17-5-6-18(17)32(38)39/h10-15,17-18H,4-9H2,1-3H3,(H,36,37)(H,38,39)/t15?,17-,18-/m1/s1. The fourth-order valence-electron chi connectivity index (χ4n) is 5.14. The number of aliphatic carboxylic acids is 2. The molecule has 0 amide bonds. The van der Waals surface area contributed by atoms with Crippen LogP contribution in [0.25, 0.3) is 20.2 Å². The van der Waals surface area contributed by atoms with Gasteiger partial charge < -0.3 is 29.2 Å². The van der Waals surface area contributed by atoms with Gasteiger partial charge in [0.2, 0.25) is 0 Å². The second kappa shape index (κ2) is 13.4. The number of ether oxygens (including phenoxy) is 4. The topological polar surface area (TPSA) is 146 Å². The largest absolute Gasteiger partial charge is 0.493 e. The molecule has 10 nitrogen and oxygen atoms in total. The highest BCUT2D eigenvalue weighted by Gasteiger charge is 2.42. The lowest BCUT2D eigenvalue weighted by Gasteiger charge is -2.31. The van der Waals surface area contributed by atoms with Crippen molar-refractivity contribution in [2.75, 3.05) is 27.4 Å². The monoisotopic (exact) mass is 658 g/mol. The van der Waals surface area contributed by atoms with Crippen molar-refractivity contribution in [3.05, 3.63) is 45.9 Å². The van der Waals surface area contributed by atoms with Crippen LogP contribution in [-0.4, -0.2) is 61.2 Å². The Bertz CT molecular complexity index is 1790. The second-order valence-electron chi connectivity index (χ2n) is 10.8. The van der Waals surface area contributed by atoms with Crippen molar-refractivity contribution >= 4 is 66.4 Å². The van der Waals surface area contributed by atoms with Crippen LogP contribution in [0.5, 0.6) is 23.0 Å². The molecular formula is C32H31FO10S2. The minimum Gasteiger partial charge on any atom is -0.493 e. The number of hydrogen-bond acceptors (Lipinski definition) is 10. The Hall–Kier alpha value is -4.23. The maximum absolute atomic E-state index is 15.6.